The molecule has 0 unspecified atom stereocenters. The molecule has 1 saturated heterocycles. The molecule has 0 N–H and O–H groups in total. The van der Waals surface area contributed by atoms with Crippen LogP contribution in [0, 0.1) is 5.92 Å². The first-order valence-corrected chi connectivity index (χ1v) is 7.75. The predicted molar refractivity (Wildman–Crippen MR) is 85.5 cm³/mol. The van der Waals surface area contributed by atoms with Gasteiger partial charge >= 0.3 is 6.09 Å². The van der Waals surface area contributed by atoms with E-state index >= 15 is 0 Å². The summed E-state index contributed by atoms with van der Waals surface area (Å²) in [5, 5.41) is 0. The van der Waals surface area contributed by atoms with Gasteiger partial charge in [-0.3, -0.25) is 4.79 Å². The summed E-state index contributed by atoms with van der Waals surface area (Å²) in [7, 11) is 0. The minimum atomic E-state index is -0.596. The zero-order valence-corrected chi connectivity index (χ0v) is 14.1. The minimum absolute atomic E-state index is 0.160. The number of imide groups is 1. The third-order valence-electron chi connectivity index (χ3n) is 4.49. The Kier molecular flexibility index (Phi) is 4.32. The molecule has 2 amide bonds. The third-order valence-corrected chi connectivity index (χ3v) is 4.49. The number of likely N-dealkylation sites (tertiary alicyclic amines) is 1. The van der Waals surface area contributed by atoms with E-state index in [1.165, 1.54) is 4.90 Å². The molecule has 0 bridgehead atoms. The summed E-state index contributed by atoms with van der Waals surface area (Å²) in [5.74, 6) is -0.428. The fraction of sp³-hybridized carbons (Fsp3) is 0.556. The van der Waals surface area contributed by atoms with Gasteiger partial charge in [-0.1, -0.05) is 44.2 Å². The molecule has 4 nitrogen and oxygen atoms in total. The van der Waals surface area contributed by atoms with Gasteiger partial charge in [-0.05, 0) is 32.8 Å². The number of hydrogen-bond acceptors (Lipinski definition) is 3. The van der Waals surface area contributed by atoms with Crippen molar-refractivity contribution >= 4 is 12.0 Å². The van der Waals surface area contributed by atoms with Crippen LogP contribution in [0.2, 0.25) is 0 Å². The first-order valence-electron chi connectivity index (χ1n) is 7.75. The highest BCUT2D eigenvalue weighted by molar-refractivity contribution is 5.94. The Hall–Kier alpha value is -1.84. The highest BCUT2D eigenvalue weighted by Gasteiger charge is 2.46. The Balaban J connectivity index is 2.20. The second kappa shape index (κ2) is 5.75. The van der Waals surface area contributed by atoms with Crippen LogP contribution in [0.3, 0.4) is 0 Å². The highest BCUT2D eigenvalue weighted by atomic mass is 16.6. The second-order valence-corrected chi connectivity index (χ2v) is 7.23. The van der Waals surface area contributed by atoms with E-state index in [9.17, 15) is 9.59 Å². The molecule has 0 aromatic heterocycles. The zero-order chi connectivity index (χ0) is 16.5. The van der Waals surface area contributed by atoms with E-state index in [4.69, 9.17) is 4.74 Å². The Bertz CT molecular complexity index is 561. The van der Waals surface area contributed by atoms with E-state index in [0.29, 0.717) is 6.54 Å². The molecule has 0 saturated carbocycles. The Morgan fingerprint density at radius 1 is 1.27 bits per heavy atom. The van der Waals surface area contributed by atoms with Crippen LogP contribution in [0.15, 0.2) is 30.3 Å². The summed E-state index contributed by atoms with van der Waals surface area (Å²) in [6.45, 7) is 9.79. The largest absolute Gasteiger partial charge is 0.443 e. The van der Waals surface area contributed by atoms with Gasteiger partial charge in [0, 0.05) is 17.9 Å². The highest BCUT2D eigenvalue weighted by Crippen LogP contribution is 2.40. The van der Waals surface area contributed by atoms with Gasteiger partial charge in [0.1, 0.15) is 5.60 Å². The van der Waals surface area contributed by atoms with Crippen molar-refractivity contribution in [2.45, 2.75) is 52.1 Å². The second-order valence-electron chi connectivity index (χ2n) is 7.23. The standard InChI is InChI=1S/C18H25NO3/c1-13-15(20)19(16(21)22-17(2,3)4)12-11-18(13,5)14-9-7-6-8-10-14/h6-10,13H,11-12H2,1-5H3/t13-,18+/m0/s1. The summed E-state index contributed by atoms with van der Waals surface area (Å²) in [6.07, 6.45) is 0.197. The van der Waals surface area contributed by atoms with E-state index in [0.717, 1.165) is 12.0 Å². The van der Waals surface area contributed by atoms with Crippen LogP contribution in [0.1, 0.15) is 46.6 Å². The molecule has 1 fully saturated rings. The van der Waals surface area contributed by atoms with Crippen molar-refractivity contribution in [2.75, 3.05) is 6.54 Å². The molecule has 0 aliphatic carbocycles. The van der Waals surface area contributed by atoms with Gasteiger partial charge in [-0.2, -0.15) is 0 Å². The smallest absolute Gasteiger partial charge is 0.417 e. The van der Waals surface area contributed by atoms with Crippen molar-refractivity contribution in [3.8, 4) is 0 Å². The monoisotopic (exact) mass is 303 g/mol. The van der Waals surface area contributed by atoms with Gasteiger partial charge < -0.3 is 4.74 Å². The van der Waals surface area contributed by atoms with E-state index in [1.54, 1.807) is 20.8 Å². The lowest BCUT2D eigenvalue weighted by atomic mass is 9.68. The van der Waals surface area contributed by atoms with E-state index in [2.05, 4.69) is 6.92 Å². The van der Waals surface area contributed by atoms with E-state index < -0.39 is 11.7 Å². The van der Waals surface area contributed by atoms with Crippen molar-refractivity contribution in [1.29, 1.82) is 0 Å². The lowest BCUT2D eigenvalue weighted by Crippen LogP contribution is -2.54. The minimum Gasteiger partial charge on any atom is -0.443 e. The summed E-state index contributed by atoms with van der Waals surface area (Å²) < 4.78 is 5.34. The van der Waals surface area contributed by atoms with Crippen LogP contribution in [0.5, 0.6) is 0 Å². The maximum absolute atomic E-state index is 12.7. The van der Waals surface area contributed by atoms with Crippen molar-refractivity contribution in [1.82, 2.24) is 4.90 Å². The van der Waals surface area contributed by atoms with Crippen molar-refractivity contribution in [2.24, 2.45) is 5.92 Å². The normalized spacial score (nSPS) is 26.0. The zero-order valence-electron chi connectivity index (χ0n) is 14.1. The van der Waals surface area contributed by atoms with Crippen molar-refractivity contribution < 1.29 is 14.3 Å². The lowest BCUT2D eigenvalue weighted by Gasteiger charge is -2.43. The van der Waals surface area contributed by atoms with Crippen LogP contribution in [0.4, 0.5) is 4.79 Å². The van der Waals surface area contributed by atoms with Gasteiger partial charge in [-0.15, -0.1) is 0 Å². The quantitative estimate of drug-likeness (QED) is 0.794. The van der Waals surface area contributed by atoms with Crippen LogP contribution < -0.4 is 0 Å². The molecule has 1 aliphatic rings. The van der Waals surface area contributed by atoms with Crippen LogP contribution in [-0.2, 0) is 14.9 Å². The Morgan fingerprint density at radius 2 is 1.86 bits per heavy atom. The van der Waals surface area contributed by atoms with Gasteiger partial charge in [0.05, 0.1) is 0 Å². The number of piperidine rings is 1. The SMILES string of the molecule is C[C@H]1C(=O)N(C(=O)OC(C)(C)C)CC[C@@]1(C)c1ccccc1. The molecular formula is C18H25NO3. The van der Waals surface area contributed by atoms with Crippen molar-refractivity contribution in [3.05, 3.63) is 35.9 Å². The third kappa shape index (κ3) is 3.16. The lowest BCUT2D eigenvalue weighted by molar-refractivity contribution is -0.140. The Morgan fingerprint density at radius 3 is 2.41 bits per heavy atom. The predicted octanol–water partition coefficient (Wildman–Crippen LogP) is 3.75. The molecule has 22 heavy (non-hydrogen) atoms. The van der Waals surface area contributed by atoms with E-state index in [1.807, 2.05) is 37.3 Å². The molecular weight excluding hydrogens is 278 g/mol. The maximum atomic E-state index is 12.7. The summed E-state index contributed by atoms with van der Waals surface area (Å²) in [5.41, 5.74) is 0.289. The average molecular weight is 303 g/mol. The first kappa shape index (κ1) is 16.5. The number of carbonyl (C=O) groups excluding carboxylic acids is 2. The number of benzene rings is 1. The van der Waals surface area contributed by atoms with Gasteiger partial charge in [0.25, 0.3) is 0 Å². The number of hydrogen-bond donors (Lipinski definition) is 0. The molecule has 1 aromatic rings. The Labute approximate surface area is 132 Å². The summed E-state index contributed by atoms with van der Waals surface area (Å²) in [4.78, 5) is 26.1. The van der Waals surface area contributed by atoms with Gasteiger partial charge in [0.15, 0.2) is 0 Å². The molecule has 1 aliphatic heterocycles. The molecule has 0 radical (unpaired) electrons. The van der Waals surface area contributed by atoms with Crippen LogP contribution in [0.25, 0.3) is 0 Å². The molecule has 4 heteroatoms. The van der Waals surface area contributed by atoms with Crippen molar-refractivity contribution in [3.63, 3.8) is 0 Å². The fourth-order valence-corrected chi connectivity index (χ4v) is 2.89. The first-order chi connectivity index (χ1) is 10.1. The number of amides is 2. The molecule has 2 atom stereocenters. The van der Waals surface area contributed by atoms with Crippen LogP contribution >= 0.6 is 0 Å². The molecule has 2 rings (SSSR count). The average Bonchev–Trinajstić information content (AvgIpc) is 2.44. The molecule has 0 spiro atoms. The van der Waals surface area contributed by atoms with E-state index in [-0.39, 0.29) is 17.2 Å². The number of ether oxygens (including phenoxy) is 1. The van der Waals surface area contributed by atoms with Gasteiger partial charge in [0.2, 0.25) is 5.91 Å². The number of rotatable bonds is 1. The molecule has 1 aromatic carbocycles. The van der Waals surface area contributed by atoms with Gasteiger partial charge in [-0.25, -0.2) is 9.69 Å². The maximum Gasteiger partial charge on any atom is 0.417 e. The van der Waals surface area contributed by atoms with Crippen LogP contribution in [-0.4, -0.2) is 29.0 Å². The number of nitrogens with zero attached hydrogens (tertiary/aromatic N) is 1. The topological polar surface area (TPSA) is 46.6 Å². The molecule has 1 heterocycles. The fourth-order valence-electron chi connectivity index (χ4n) is 2.89. The summed E-state index contributed by atoms with van der Waals surface area (Å²) in [6, 6.07) is 10.0. The summed E-state index contributed by atoms with van der Waals surface area (Å²) >= 11 is 0. The molecule has 120 valence electrons. The number of carbonyl (C=O) groups is 2.